The lowest BCUT2D eigenvalue weighted by molar-refractivity contribution is -0.135. The Morgan fingerprint density at radius 2 is 1.57 bits per heavy atom. The van der Waals surface area contributed by atoms with Crippen LogP contribution in [-0.4, -0.2) is 17.9 Å². The Labute approximate surface area is 123 Å². The van der Waals surface area contributed by atoms with Gasteiger partial charge in [0, 0.05) is 26.3 Å². The first-order valence-corrected chi connectivity index (χ1v) is 6.64. The van der Waals surface area contributed by atoms with Crippen LogP contribution in [-0.2, 0) is 14.4 Å². The van der Waals surface area contributed by atoms with Crippen LogP contribution in [0.15, 0.2) is 18.2 Å². The van der Waals surface area contributed by atoms with Gasteiger partial charge in [-0.25, -0.2) is 0 Å². The monoisotopic (exact) mass is 294 g/mol. The van der Waals surface area contributed by atoms with E-state index in [0.717, 1.165) is 12.8 Å². The molecule has 0 aliphatic carbocycles. The minimum atomic E-state index is -0.571. The zero-order valence-corrected chi connectivity index (χ0v) is 12.3. The van der Waals surface area contributed by atoms with Gasteiger partial charge in [0.2, 0.25) is 0 Å². The fraction of sp³-hybridized carbons (Fsp3) is 0.400. The van der Waals surface area contributed by atoms with Gasteiger partial charge in [0.05, 0.1) is 0 Å². The van der Waals surface area contributed by atoms with Crippen molar-refractivity contribution >= 4 is 17.9 Å². The number of carbonyl (C=O) groups is 3. The Morgan fingerprint density at radius 1 is 0.952 bits per heavy atom. The van der Waals surface area contributed by atoms with Gasteiger partial charge in [-0.2, -0.15) is 0 Å². The molecular formula is C15H18O6. The van der Waals surface area contributed by atoms with Crippen molar-refractivity contribution in [3.05, 3.63) is 18.2 Å². The van der Waals surface area contributed by atoms with Crippen LogP contribution in [0.1, 0.15) is 40.0 Å². The third-order valence-electron chi connectivity index (χ3n) is 2.39. The zero-order valence-electron chi connectivity index (χ0n) is 12.3. The molecule has 0 aliphatic heterocycles. The van der Waals surface area contributed by atoms with Gasteiger partial charge in [0.15, 0.2) is 11.5 Å². The Hall–Kier alpha value is -2.37. The first-order valence-electron chi connectivity index (χ1n) is 6.64. The highest BCUT2D eigenvalue weighted by atomic mass is 16.6. The van der Waals surface area contributed by atoms with E-state index in [1.54, 1.807) is 0 Å². The van der Waals surface area contributed by atoms with Crippen LogP contribution in [0.25, 0.3) is 0 Å². The van der Waals surface area contributed by atoms with Gasteiger partial charge in [-0.05, 0) is 18.6 Å². The molecule has 1 aromatic carbocycles. The second-order valence-corrected chi connectivity index (χ2v) is 4.37. The van der Waals surface area contributed by atoms with Crippen molar-refractivity contribution in [1.29, 1.82) is 0 Å². The maximum absolute atomic E-state index is 11.6. The van der Waals surface area contributed by atoms with Crippen LogP contribution in [0.4, 0.5) is 0 Å². The van der Waals surface area contributed by atoms with E-state index in [4.69, 9.17) is 14.2 Å². The molecule has 21 heavy (non-hydrogen) atoms. The molecule has 0 saturated carbocycles. The number of esters is 3. The molecule has 6 nitrogen and oxygen atoms in total. The minimum absolute atomic E-state index is 0.0264. The molecule has 0 atom stereocenters. The van der Waals surface area contributed by atoms with Gasteiger partial charge in [0.25, 0.3) is 0 Å². The summed E-state index contributed by atoms with van der Waals surface area (Å²) in [5.74, 6) is -1.15. The van der Waals surface area contributed by atoms with Gasteiger partial charge in [-0.3, -0.25) is 14.4 Å². The van der Waals surface area contributed by atoms with E-state index in [0.29, 0.717) is 6.42 Å². The molecule has 114 valence electrons. The maximum Gasteiger partial charge on any atom is 0.311 e. The topological polar surface area (TPSA) is 78.9 Å². The molecule has 0 spiro atoms. The first-order chi connectivity index (χ1) is 9.92. The second kappa shape index (κ2) is 8.04. The molecule has 0 N–H and O–H groups in total. The number of carbonyl (C=O) groups excluding carboxylic acids is 3. The van der Waals surface area contributed by atoms with Crippen molar-refractivity contribution in [2.24, 2.45) is 0 Å². The summed E-state index contributed by atoms with van der Waals surface area (Å²) in [6, 6.07) is 4.21. The molecule has 1 rings (SSSR count). The van der Waals surface area contributed by atoms with Crippen molar-refractivity contribution in [1.82, 2.24) is 0 Å². The largest absolute Gasteiger partial charge is 0.426 e. The minimum Gasteiger partial charge on any atom is -0.426 e. The average Bonchev–Trinajstić information content (AvgIpc) is 2.38. The molecule has 0 radical (unpaired) electrons. The van der Waals surface area contributed by atoms with Gasteiger partial charge in [-0.15, -0.1) is 0 Å². The number of hydrogen-bond donors (Lipinski definition) is 0. The normalized spacial score (nSPS) is 9.86. The summed E-state index contributed by atoms with van der Waals surface area (Å²) < 4.78 is 15.0. The van der Waals surface area contributed by atoms with E-state index in [-0.39, 0.29) is 23.2 Å². The van der Waals surface area contributed by atoms with Gasteiger partial charge in [-0.1, -0.05) is 13.3 Å². The summed E-state index contributed by atoms with van der Waals surface area (Å²) in [5.41, 5.74) is 0. The molecular weight excluding hydrogens is 276 g/mol. The van der Waals surface area contributed by atoms with Crippen LogP contribution in [0, 0.1) is 0 Å². The molecule has 0 heterocycles. The van der Waals surface area contributed by atoms with Crippen molar-refractivity contribution in [2.45, 2.75) is 40.0 Å². The van der Waals surface area contributed by atoms with Gasteiger partial charge >= 0.3 is 17.9 Å². The molecule has 0 aliphatic rings. The second-order valence-electron chi connectivity index (χ2n) is 4.37. The molecule has 6 heteroatoms. The Bertz CT molecular complexity index is 535. The predicted octanol–water partition coefficient (Wildman–Crippen LogP) is 2.63. The number of rotatable bonds is 6. The summed E-state index contributed by atoms with van der Waals surface area (Å²) in [7, 11) is 0. The molecule has 0 saturated heterocycles. The summed E-state index contributed by atoms with van der Waals surface area (Å²) in [6.45, 7) is 4.42. The molecule has 0 fully saturated rings. The summed E-state index contributed by atoms with van der Waals surface area (Å²) in [6.07, 6.45) is 1.94. The molecule has 0 bridgehead atoms. The number of ether oxygens (including phenoxy) is 3. The average molecular weight is 294 g/mol. The third-order valence-corrected chi connectivity index (χ3v) is 2.39. The van der Waals surface area contributed by atoms with E-state index in [2.05, 4.69) is 0 Å². The lowest BCUT2D eigenvalue weighted by Crippen LogP contribution is -2.09. The first kappa shape index (κ1) is 16.7. The van der Waals surface area contributed by atoms with Crippen molar-refractivity contribution in [3.8, 4) is 17.2 Å². The van der Waals surface area contributed by atoms with Crippen LogP contribution in [0.5, 0.6) is 17.2 Å². The highest BCUT2D eigenvalue weighted by molar-refractivity contribution is 5.75. The quantitative estimate of drug-likeness (QED) is 0.593. The SMILES string of the molecule is CCCCC(=O)Oc1ccc(OC(C)=O)c(OC(C)=O)c1. The standard InChI is InChI=1S/C15H18O6/c1-4-5-6-15(18)21-12-7-8-13(19-10(2)16)14(9-12)20-11(3)17/h7-9H,4-6H2,1-3H3. The maximum atomic E-state index is 11.6. The zero-order chi connectivity index (χ0) is 15.8. The smallest absolute Gasteiger partial charge is 0.311 e. The number of hydrogen-bond acceptors (Lipinski definition) is 6. The Morgan fingerprint density at radius 3 is 2.14 bits per heavy atom. The lowest BCUT2D eigenvalue weighted by atomic mass is 10.2. The van der Waals surface area contributed by atoms with Crippen molar-refractivity contribution < 1.29 is 28.6 Å². The molecule has 0 aromatic heterocycles. The van der Waals surface area contributed by atoms with E-state index >= 15 is 0 Å². The Kier molecular flexibility index (Phi) is 6.39. The van der Waals surface area contributed by atoms with Crippen LogP contribution in [0.3, 0.4) is 0 Å². The highest BCUT2D eigenvalue weighted by Crippen LogP contribution is 2.32. The molecule has 0 unspecified atom stereocenters. The summed E-state index contributed by atoms with van der Waals surface area (Å²) in [4.78, 5) is 33.6. The third kappa shape index (κ3) is 6.07. The highest BCUT2D eigenvalue weighted by Gasteiger charge is 2.13. The van der Waals surface area contributed by atoms with Gasteiger partial charge in [0.1, 0.15) is 5.75 Å². The molecule has 1 aromatic rings. The van der Waals surface area contributed by atoms with E-state index < -0.39 is 11.9 Å². The van der Waals surface area contributed by atoms with Crippen LogP contribution in [0.2, 0.25) is 0 Å². The summed E-state index contributed by atoms with van der Waals surface area (Å²) >= 11 is 0. The van der Waals surface area contributed by atoms with E-state index in [9.17, 15) is 14.4 Å². The fourth-order valence-electron chi connectivity index (χ4n) is 1.53. The van der Waals surface area contributed by atoms with Gasteiger partial charge < -0.3 is 14.2 Å². The number of benzene rings is 1. The molecule has 0 amide bonds. The number of unbranched alkanes of at least 4 members (excludes halogenated alkanes) is 1. The van der Waals surface area contributed by atoms with E-state index in [1.165, 1.54) is 32.0 Å². The van der Waals surface area contributed by atoms with Crippen LogP contribution >= 0.6 is 0 Å². The van der Waals surface area contributed by atoms with Crippen LogP contribution < -0.4 is 14.2 Å². The fourth-order valence-corrected chi connectivity index (χ4v) is 1.53. The van der Waals surface area contributed by atoms with Crippen molar-refractivity contribution in [2.75, 3.05) is 0 Å². The lowest BCUT2D eigenvalue weighted by Gasteiger charge is -2.10. The predicted molar refractivity (Wildman–Crippen MR) is 74.2 cm³/mol. The Balaban J connectivity index is 2.89. The summed E-state index contributed by atoms with van der Waals surface area (Å²) in [5, 5.41) is 0. The van der Waals surface area contributed by atoms with E-state index in [1.807, 2.05) is 6.92 Å². The van der Waals surface area contributed by atoms with Crippen molar-refractivity contribution in [3.63, 3.8) is 0 Å².